The first-order chi connectivity index (χ1) is 9.70. The van der Waals surface area contributed by atoms with Gasteiger partial charge in [-0.2, -0.15) is 0 Å². The van der Waals surface area contributed by atoms with Crippen LogP contribution in [-0.2, 0) is 4.74 Å². The molecule has 1 saturated carbocycles. The Morgan fingerprint density at radius 3 is 2.65 bits per heavy atom. The molecule has 1 aromatic rings. The topological polar surface area (TPSA) is 30.5 Å². The molecule has 0 amide bonds. The predicted molar refractivity (Wildman–Crippen MR) is 70.8 cm³/mol. The fourth-order valence-corrected chi connectivity index (χ4v) is 2.39. The molecule has 2 aliphatic rings. The number of nitrogens with one attached hydrogen (secondary N) is 1. The van der Waals surface area contributed by atoms with Gasteiger partial charge >= 0.3 is 0 Å². The fourth-order valence-electron chi connectivity index (χ4n) is 2.39. The smallest absolute Gasteiger partial charge is 0.162 e. The molecule has 0 spiro atoms. The molecule has 3 nitrogen and oxygen atoms in total. The second-order valence-electron chi connectivity index (χ2n) is 5.53. The molecule has 1 heterocycles. The Morgan fingerprint density at radius 2 is 1.90 bits per heavy atom. The molecule has 1 saturated heterocycles. The Labute approximate surface area is 117 Å². The molecule has 1 aliphatic heterocycles. The Hall–Kier alpha value is -1.20. The maximum atomic E-state index is 13.0. The zero-order chi connectivity index (χ0) is 13.9. The van der Waals surface area contributed by atoms with Crippen molar-refractivity contribution in [1.82, 2.24) is 5.32 Å². The summed E-state index contributed by atoms with van der Waals surface area (Å²) in [5, 5.41) is 3.45. The molecule has 2 unspecified atom stereocenters. The summed E-state index contributed by atoms with van der Waals surface area (Å²) in [7, 11) is 0. The van der Waals surface area contributed by atoms with Crippen molar-refractivity contribution in [1.29, 1.82) is 0 Å². The van der Waals surface area contributed by atoms with Gasteiger partial charge in [-0.1, -0.05) is 0 Å². The summed E-state index contributed by atoms with van der Waals surface area (Å²) < 4.78 is 37.1. The van der Waals surface area contributed by atoms with Crippen LogP contribution in [0.25, 0.3) is 0 Å². The number of halogens is 2. The lowest BCUT2D eigenvalue weighted by Gasteiger charge is -2.15. The number of benzene rings is 1. The van der Waals surface area contributed by atoms with Crippen molar-refractivity contribution >= 4 is 0 Å². The van der Waals surface area contributed by atoms with E-state index in [0.29, 0.717) is 18.4 Å². The zero-order valence-corrected chi connectivity index (χ0v) is 11.3. The molecule has 0 radical (unpaired) electrons. The number of ether oxygens (including phenoxy) is 2. The van der Waals surface area contributed by atoms with Gasteiger partial charge in [-0.15, -0.1) is 0 Å². The first-order valence-electron chi connectivity index (χ1n) is 7.17. The van der Waals surface area contributed by atoms with Gasteiger partial charge in [-0.3, -0.25) is 0 Å². The minimum atomic E-state index is -0.888. The van der Waals surface area contributed by atoms with E-state index < -0.39 is 11.6 Å². The Morgan fingerprint density at radius 1 is 1.10 bits per heavy atom. The molecule has 2 fully saturated rings. The summed E-state index contributed by atoms with van der Waals surface area (Å²) in [5.41, 5.74) is 0. The summed E-state index contributed by atoms with van der Waals surface area (Å²) in [6.07, 6.45) is 4.79. The second-order valence-corrected chi connectivity index (χ2v) is 5.53. The van der Waals surface area contributed by atoms with Crippen molar-refractivity contribution in [3.05, 3.63) is 29.8 Å². The largest absolute Gasteiger partial charge is 0.491 e. The molecule has 1 aliphatic carbocycles. The Balaban J connectivity index is 1.41. The first-order valence-corrected chi connectivity index (χ1v) is 7.17. The molecule has 20 heavy (non-hydrogen) atoms. The monoisotopic (exact) mass is 283 g/mol. The van der Waals surface area contributed by atoms with Gasteiger partial charge in [0.2, 0.25) is 0 Å². The van der Waals surface area contributed by atoms with E-state index in [1.54, 1.807) is 0 Å². The van der Waals surface area contributed by atoms with Gasteiger partial charge in [0.15, 0.2) is 11.6 Å². The molecular formula is C15H19F2NO2. The fraction of sp³-hybridized carbons (Fsp3) is 0.600. The lowest BCUT2D eigenvalue weighted by molar-refractivity contribution is 0.0183. The summed E-state index contributed by atoms with van der Waals surface area (Å²) in [4.78, 5) is 0. The van der Waals surface area contributed by atoms with Crippen LogP contribution in [0.5, 0.6) is 5.75 Å². The lowest BCUT2D eigenvalue weighted by atomic mass is 10.2. The third-order valence-electron chi connectivity index (χ3n) is 3.73. The summed E-state index contributed by atoms with van der Waals surface area (Å²) >= 11 is 0. The van der Waals surface area contributed by atoms with Gasteiger partial charge in [0.05, 0.1) is 12.2 Å². The van der Waals surface area contributed by atoms with E-state index in [1.807, 2.05) is 0 Å². The maximum Gasteiger partial charge on any atom is 0.162 e. The molecule has 3 rings (SSSR count). The SMILES string of the molecule is Fc1ccc(OCC2CCC(CNC3CC3)O2)cc1F. The molecule has 5 heteroatoms. The minimum absolute atomic E-state index is 0.0362. The highest BCUT2D eigenvalue weighted by Crippen LogP contribution is 2.23. The predicted octanol–water partition coefficient (Wildman–Crippen LogP) is 2.64. The maximum absolute atomic E-state index is 13.0. The van der Waals surface area contributed by atoms with Gasteiger partial charge in [-0.05, 0) is 37.8 Å². The molecule has 1 aromatic carbocycles. The second kappa shape index (κ2) is 6.06. The Bertz CT molecular complexity index is 465. The molecule has 0 bridgehead atoms. The quantitative estimate of drug-likeness (QED) is 0.870. The Kier molecular flexibility index (Phi) is 4.17. The van der Waals surface area contributed by atoms with E-state index in [2.05, 4.69) is 5.32 Å². The van der Waals surface area contributed by atoms with Crippen LogP contribution in [0.2, 0.25) is 0 Å². The molecule has 1 N–H and O–H groups in total. The van der Waals surface area contributed by atoms with Crippen molar-refractivity contribution in [2.24, 2.45) is 0 Å². The molecular weight excluding hydrogens is 264 g/mol. The van der Waals surface area contributed by atoms with Crippen molar-refractivity contribution < 1.29 is 18.3 Å². The zero-order valence-electron chi connectivity index (χ0n) is 11.3. The van der Waals surface area contributed by atoms with Crippen LogP contribution in [-0.4, -0.2) is 31.4 Å². The normalized spacial score (nSPS) is 25.9. The van der Waals surface area contributed by atoms with Crippen molar-refractivity contribution in [3.8, 4) is 5.75 Å². The molecule has 2 atom stereocenters. The number of rotatable bonds is 6. The van der Waals surface area contributed by atoms with Gasteiger partial charge in [0.25, 0.3) is 0 Å². The van der Waals surface area contributed by atoms with Gasteiger partial charge in [-0.25, -0.2) is 8.78 Å². The van der Waals surface area contributed by atoms with Crippen LogP contribution in [0.4, 0.5) is 8.78 Å². The van der Waals surface area contributed by atoms with Crippen LogP contribution in [0.1, 0.15) is 25.7 Å². The average Bonchev–Trinajstić information content (AvgIpc) is 3.16. The van der Waals surface area contributed by atoms with E-state index >= 15 is 0 Å². The standard InChI is InChI=1S/C15H19F2NO2/c16-14-6-5-11(7-15(14)17)19-9-13-4-3-12(20-13)8-18-10-1-2-10/h5-7,10,12-13,18H,1-4,8-9H2. The van der Waals surface area contributed by atoms with Gasteiger partial charge in [0, 0.05) is 18.7 Å². The first kappa shape index (κ1) is 13.8. The van der Waals surface area contributed by atoms with Crippen molar-refractivity contribution in [3.63, 3.8) is 0 Å². The van der Waals surface area contributed by atoms with E-state index in [-0.39, 0.29) is 12.2 Å². The molecule has 110 valence electrons. The lowest BCUT2D eigenvalue weighted by Crippen LogP contribution is -2.29. The van der Waals surface area contributed by atoms with Gasteiger partial charge < -0.3 is 14.8 Å². The van der Waals surface area contributed by atoms with E-state index in [1.165, 1.54) is 18.9 Å². The summed E-state index contributed by atoms with van der Waals surface area (Å²) in [6, 6.07) is 4.26. The third-order valence-corrected chi connectivity index (χ3v) is 3.73. The highest BCUT2D eigenvalue weighted by molar-refractivity contribution is 5.23. The van der Waals surface area contributed by atoms with E-state index in [9.17, 15) is 8.78 Å². The van der Waals surface area contributed by atoms with Crippen molar-refractivity contribution in [2.75, 3.05) is 13.2 Å². The van der Waals surface area contributed by atoms with Crippen LogP contribution in [0, 0.1) is 11.6 Å². The molecule has 0 aromatic heterocycles. The summed E-state index contributed by atoms with van der Waals surface area (Å²) in [6.45, 7) is 1.28. The van der Waals surface area contributed by atoms with Crippen LogP contribution in [0.3, 0.4) is 0 Å². The number of hydrogen-bond acceptors (Lipinski definition) is 3. The third kappa shape index (κ3) is 3.67. The van der Waals surface area contributed by atoms with E-state index in [0.717, 1.165) is 31.5 Å². The van der Waals surface area contributed by atoms with Crippen molar-refractivity contribution in [2.45, 2.75) is 43.9 Å². The minimum Gasteiger partial charge on any atom is -0.491 e. The highest BCUT2D eigenvalue weighted by Gasteiger charge is 2.28. The van der Waals surface area contributed by atoms with Crippen LogP contribution >= 0.6 is 0 Å². The van der Waals surface area contributed by atoms with E-state index in [4.69, 9.17) is 9.47 Å². The van der Waals surface area contributed by atoms with Crippen LogP contribution < -0.4 is 10.1 Å². The van der Waals surface area contributed by atoms with Crippen LogP contribution in [0.15, 0.2) is 18.2 Å². The highest BCUT2D eigenvalue weighted by atomic mass is 19.2. The average molecular weight is 283 g/mol. The number of hydrogen-bond donors (Lipinski definition) is 1. The van der Waals surface area contributed by atoms with Gasteiger partial charge in [0.1, 0.15) is 12.4 Å². The summed E-state index contributed by atoms with van der Waals surface area (Å²) in [5.74, 6) is -1.41.